The van der Waals surface area contributed by atoms with Gasteiger partial charge in [-0.2, -0.15) is 4.57 Å². The van der Waals surface area contributed by atoms with Crippen LogP contribution in [0.5, 0.6) is 0 Å². The highest BCUT2D eigenvalue weighted by Gasteiger charge is 2.25. The normalized spacial score (nSPS) is 11.1. The highest BCUT2D eigenvalue weighted by Crippen LogP contribution is 2.30. The lowest BCUT2D eigenvalue weighted by molar-refractivity contribution is -0.637. The number of ether oxygens (including phenoxy) is 2. The first kappa shape index (κ1) is 19.6. The van der Waals surface area contributed by atoms with Crippen molar-refractivity contribution in [1.82, 2.24) is 0 Å². The molecule has 0 aliphatic rings. The number of hydrogen-bond acceptors (Lipinski definition) is 3. The summed E-state index contributed by atoms with van der Waals surface area (Å²) in [5, 5.41) is 1.14. The van der Waals surface area contributed by atoms with Gasteiger partial charge in [0.15, 0.2) is 12.5 Å². The van der Waals surface area contributed by atoms with E-state index in [1.54, 1.807) is 11.8 Å². The van der Waals surface area contributed by atoms with Crippen LogP contribution in [0.15, 0.2) is 84.0 Å². The molecule has 1 aromatic heterocycles. The topological polar surface area (TPSA) is 22.3 Å². The largest absolute Gasteiger partial charge is 0.348 e. The van der Waals surface area contributed by atoms with Gasteiger partial charge in [0.25, 0.3) is 5.03 Å². The highest BCUT2D eigenvalue weighted by molar-refractivity contribution is 7.98. The van der Waals surface area contributed by atoms with Crippen LogP contribution in [0, 0.1) is 0 Å². The molecule has 0 bridgehead atoms. The van der Waals surface area contributed by atoms with E-state index < -0.39 is 0 Å². The van der Waals surface area contributed by atoms with Crippen LogP contribution in [0.3, 0.4) is 0 Å². The number of hydrogen-bond donors (Lipinski definition) is 0. The van der Waals surface area contributed by atoms with Crippen LogP contribution in [0.2, 0.25) is 0 Å². The molecule has 3 rings (SSSR count). The van der Waals surface area contributed by atoms with Gasteiger partial charge in [-0.05, 0) is 25.5 Å². The Morgan fingerprint density at radius 1 is 0.815 bits per heavy atom. The molecule has 0 aliphatic carbocycles. The first-order valence-corrected chi connectivity index (χ1v) is 10.3. The van der Waals surface area contributed by atoms with Crippen molar-refractivity contribution in [1.29, 1.82) is 0 Å². The molecule has 0 saturated carbocycles. The molecule has 3 nitrogen and oxygen atoms in total. The number of thioether (sulfide) groups is 1. The lowest BCUT2D eigenvalue weighted by Crippen LogP contribution is -2.35. The van der Waals surface area contributed by atoms with Gasteiger partial charge in [0.2, 0.25) is 5.69 Å². The predicted octanol–water partition coefficient (Wildman–Crippen LogP) is 5.33. The Morgan fingerprint density at radius 2 is 1.44 bits per heavy atom. The number of benzene rings is 2. The number of rotatable bonds is 9. The van der Waals surface area contributed by atoms with Crippen LogP contribution >= 0.6 is 11.8 Å². The number of nitrogens with zero attached hydrogens (tertiary/aromatic N) is 1. The summed E-state index contributed by atoms with van der Waals surface area (Å²) in [5.74, 6) is 0.885. The van der Waals surface area contributed by atoms with Crippen LogP contribution < -0.4 is 4.57 Å². The fourth-order valence-corrected chi connectivity index (χ4v) is 4.02. The van der Waals surface area contributed by atoms with Gasteiger partial charge in [0, 0.05) is 37.2 Å². The van der Waals surface area contributed by atoms with Gasteiger partial charge in [0.05, 0.1) is 5.56 Å². The number of aromatic nitrogens is 1. The summed E-state index contributed by atoms with van der Waals surface area (Å²) in [6.07, 6.45) is 1.73. The van der Waals surface area contributed by atoms with Crippen molar-refractivity contribution in [3.8, 4) is 5.69 Å². The molecule has 2 aromatic carbocycles. The van der Waals surface area contributed by atoms with Gasteiger partial charge in [-0.3, -0.25) is 0 Å². The molecule has 0 saturated heterocycles. The van der Waals surface area contributed by atoms with Gasteiger partial charge in [-0.1, -0.05) is 60.3 Å². The molecule has 0 spiro atoms. The standard InChI is InChI=1S/C23H26NO2S/c1-3-25-23(26-4-2)21-16-11-17-24(20-14-9-6-10-15-20)22(21)27-18-19-12-7-5-8-13-19/h5-17,23H,3-4,18H2,1-2H3/q+1. The minimum Gasteiger partial charge on any atom is -0.348 e. The van der Waals surface area contributed by atoms with Gasteiger partial charge in [-0.15, -0.1) is 0 Å². The first-order chi connectivity index (χ1) is 13.3. The second-order valence-electron chi connectivity index (χ2n) is 5.99. The minimum atomic E-state index is -0.366. The van der Waals surface area contributed by atoms with E-state index in [1.165, 1.54) is 5.56 Å². The molecule has 0 atom stereocenters. The molecular weight excluding hydrogens is 354 g/mol. The second-order valence-corrected chi connectivity index (χ2v) is 6.96. The summed E-state index contributed by atoms with van der Waals surface area (Å²) in [5.41, 5.74) is 3.48. The van der Waals surface area contributed by atoms with Crippen molar-refractivity contribution in [3.05, 3.63) is 90.1 Å². The molecule has 0 aliphatic heterocycles. The Hall–Kier alpha value is -2.14. The third kappa shape index (κ3) is 5.19. The maximum Gasteiger partial charge on any atom is 0.254 e. The smallest absolute Gasteiger partial charge is 0.254 e. The molecular formula is C23H26NO2S+. The molecule has 140 valence electrons. The average Bonchev–Trinajstić information content (AvgIpc) is 2.73. The van der Waals surface area contributed by atoms with Crippen LogP contribution in [-0.2, 0) is 15.2 Å². The second kappa shape index (κ2) is 10.3. The molecule has 4 heteroatoms. The lowest BCUT2D eigenvalue weighted by atomic mass is 10.2. The van der Waals surface area contributed by atoms with Crippen molar-refractivity contribution in [2.45, 2.75) is 30.9 Å². The van der Waals surface area contributed by atoms with E-state index in [0.29, 0.717) is 13.2 Å². The Kier molecular flexibility index (Phi) is 7.45. The number of para-hydroxylation sites is 1. The minimum absolute atomic E-state index is 0.366. The third-order valence-corrected chi connectivity index (χ3v) is 5.30. The van der Waals surface area contributed by atoms with E-state index in [2.05, 4.69) is 71.4 Å². The molecule has 27 heavy (non-hydrogen) atoms. The van der Waals surface area contributed by atoms with Crippen LogP contribution in [0.4, 0.5) is 0 Å². The van der Waals surface area contributed by atoms with Gasteiger partial charge >= 0.3 is 0 Å². The van der Waals surface area contributed by atoms with Crippen LogP contribution in [0.1, 0.15) is 31.3 Å². The Morgan fingerprint density at radius 3 is 2.07 bits per heavy atom. The third-order valence-electron chi connectivity index (χ3n) is 4.12. The SMILES string of the molecule is CCOC(OCC)c1ccc[n+](-c2ccccc2)c1SCc1ccccc1. The van der Waals surface area contributed by atoms with Crippen molar-refractivity contribution >= 4 is 11.8 Å². The quantitative estimate of drug-likeness (QED) is 0.285. The van der Waals surface area contributed by atoms with Crippen LogP contribution in [-0.4, -0.2) is 13.2 Å². The Balaban J connectivity index is 2.01. The molecule has 0 radical (unpaired) electrons. The average molecular weight is 381 g/mol. The van der Waals surface area contributed by atoms with E-state index in [9.17, 15) is 0 Å². The van der Waals surface area contributed by atoms with Gasteiger partial charge in [0.1, 0.15) is 0 Å². The van der Waals surface area contributed by atoms with Crippen molar-refractivity contribution in [2.75, 3.05) is 13.2 Å². The summed E-state index contributed by atoms with van der Waals surface area (Å²) in [6, 6.07) is 25.1. The molecule has 0 N–H and O–H groups in total. The molecule has 0 unspecified atom stereocenters. The summed E-state index contributed by atoms with van der Waals surface area (Å²) in [6.45, 7) is 5.20. The summed E-state index contributed by atoms with van der Waals surface area (Å²) in [4.78, 5) is 0. The molecule has 0 amide bonds. The summed E-state index contributed by atoms with van der Waals surface area (Å²) >= 11 is 1.80. The summed E-state index contributed by atoms with van der Waals surface area (Å²) < 4.78 is 14.0. The Bertz CT molecular complexity index is 818. The predicted molar refractivity (Wildman–Crippen MR) is 110 cm³/mol. The van der Waals surface area contributed by atoms with E-state index in [1.807, 2.05) is 26.0 Å². The van der Waals surface area contributed by atoms with Gasteiger partial charge < -0.3 is 9.47 Å². The maximum atomic E-state index is 5.90. The van der Waals surface area contributed by atoms with E-state index in [4.69, 9.17) is 9.47 Å². The van der Waals surface area contributed by atoms with Crippen LogP contribution in [0.25, 0.3) is 5.69 Å². The zero-order valence-electron chi connectivity index (χ0n) is 15.9. The van der Waals surface area contributed by atoms with Crippen molar-refractivity contribution in [3.63, 3.8) is 0 Å². The summed E-state index contributed by atoms with van der Waals surface area (Å²) in [7, 11) is 0. The molecule has 3 aromatic rings. The van der Waals surface area contributed by atoms with E-state index in [0.717, 1.165) is 22.0 Å². The lowest BCUT2D eigenvalue weighted by Gasteiger charge is -2.18. The number of pyridine rings is 1. The zero-order chi connectivity index (χ0) is 18.9. The van der Waals surface area contributed by atoms with E-state index >= 15 is 0 Å². The van der Waals surface area contributed by atoms with Gasteiger partial charge in [-0.25, -0.2) is 0 Å². The fraction of sp³-hybridized carbons (Fsp3) is 0.261. The van der Waals surface area contributed by atoms with Crippen molar-refractivity contribution in [2.24, 2.45) is 0 Å². The zero-order valence-corrected chi connectivity index (χ0v) is 16.7. The van der Waals surface area contributed by atoms with E-state index in [-0.39, 0.29) is 6.29 Å². The fourth-order valence-electron chi connectivity index (χ4n) is 2.89. The monoisotopic (exact) mass is 380 g/mol. The first-order valence-electron chi connectivity index (χ1n) is 9.33. The maximum absolute atomic E-state index is 5.90. The molecule has 1 heterocycles. The van der Waals surface area contributed by atoms with Crippen molar-refractivity contribution < 1.29 is 14.0 Å². The molecule has 0 fully saturated rings. The highest BCUT2D eigenvalue weighted by atomic mass is 32.2. The Labute approximate surface area is 166 Å².